The molecule has 0 unspecified atom stereocenters. The second-order valence-corrected chi connectivity index (χ2v) is 7.78. The summed E-state index contributed by atoms with van der Waals surface area (Å²) in [6.07, 6.45) is 7.28. The summed E-state index contributed by atoms with van der Waals surface area (Å²) in [6, 6.07) is 7.80. The molecule has 2 heterocycles. The number of aromatic amines is 2. The molecule has 1 fully saturated rings. The van der Waals surface area contributed by atoms with Crippen LogP contribution < -0.4 is 5.69 Å². The van der Waals surface area contributed by atoms with E-state index in [1.54, 1.807) is 16.3 Å². The van der Waals surface area contributed by atoms with Crippen molar-refractivity contribution in [3.63, 3.8) is 0 Å². The van der Waals surface area contributed by atoms with E-state index in [0.717, 1.165) is 46.5 Å². The molecule has 0 amide bonds. The van der Waals surface area contributed by atoms with Crippen LogP contribution in [0.4, 0.5) is 0 Å². The third-order valence-electron chi connectivity index (χ3n) is 4.91. The van der Waals surface area contributed by atoms with E-state index in [1.807, 2.05) is 24.3 Å². The summed E-state index contributed by atoms with van der Waals surface area (Å²) in [6.45, 7) is 0.704. The van der Waals surface area contributed by atoms with Crippen molar-refractivity contribution in [2.45, 2.75) is 50.2 Å². The van der Waals surface area contributed by atoms with Crippen LogP contribution in [0, 0.1) is 5.92 Å². The van der Waals surface area contributed by atoms with Crippen LogP contribution in [0.2, 0.25) is 0 Å². The number of fused-ring (bicyclic) bond motifs is 1. The Hall–Kier alpha value is -2.02. The molecule has 0 bridgehead atoms. The normalized spacial score (nSPS) is 15.4. The highest BCUT2D eigenvalue weighted by molar-refractivity contribution is 7.99. The van der Waals surface area contributed by atoms with E-state index in [0.29, 0.717) is 6.54 Å². The first-order chi connectivity index (χ1) is 12.3. The average Bonchev–Trinajstić information content (AvgIpc) is 3.33. The fourth-order valence-corrected chi connectivity index (χ4v) is 4.38. The number of imidazole rings is 1. The topological polar surface area (TPSA) is 79.4 Å². The molecule has 1 aliphatic carbocycles. The number of H-pyrrole nitrogens is 2. The lowest BCUT2D eigenvalue weighted by molar-refractivity contribution is 0.531. The Kier molecular flexibility index (Phi) is 4.92. The van der Waals surface area contributed by atoms with Gasteiger partial charge in [-0.1, -0.05) is 49.6 Å². The van der Waals surface area contributed by atoms with Crippen LogP contribution in [0.25, 0.3) is 11.0 Å². The third-order valence-corrected chi connectivity index (χ3v) is 5.84. The molecular weight excluding hydrogens is 334 g/mol. The molecule has 0 radical (unpaired) electrons. The van der Waals surface area contributed by atoms with Gasteiger partial charge in [0, 0.05) is 18.7 Å². The molecule has 1 aromatic carbocycles. The molecule has 132 valence electrons. The van der Waals surface area contributed by atoms with Gasteiger partial charge in [0.05, 0.1) is 11.0 Å². The van der Waals surface area contributed by atoms with E-state index in [1.165, 1.54) is 25.7 Å². The van der Waals surface area contributed by atoms with Crippen LogP contribution in [0.1, 0.15) is 37.9 Å². The van der Waals surface area contributed by atoms with Crippen molar-refractivity contribution < 1.29 is 0 Å². The number of hydrogen-bond acceptors (Lipinski definition) is 4. The lowest BCUT2D eigenvalue weighted by Gasteiger charge is -2.04. The second kappa shape index (κ2) is 7.47. The van der Waals surface area contributed by atoms with Crippen molar-refractivity contribution in [3.05, 3.63) is 40.6 Å². The molecule has 2 aromatic heterocycles. The van der Waals surface area contributed by atoms with Crippen LogP contribution in [-0.4, -0.2) is 30.5 Å². The van der Waals surface area contributed by atoms with Crippen LogP contribution in [-0.2, 0) is 13.0 Å². The number of nitrogens with one attached hydrogen (secondary N) is 2. The average molecular weight is 357 g/mol. The number of thioether (sulfide) groups is 1. The summed E-state index contributed by atoms with van der Waals surface area (Å²) in [5, 5.41) is 8.21. The van der Waals surface area contributed by atoms with Crippen molar-refractivity contribution in [2.75, 3.05) is 5.75 Å². The van der Waals surface area contributed by atoms with Crippen molar-refractivity contribution in [1.82, 2.24) is 24.7 Å². The lowest BCUT2D eigenvalue weighted by atomic mass is 10.0. The number of para-hydroxylation sites is 2. The van der Waals surface area contributed by atoms with E-state index >= 15 is 0 Å². The molecule has 0 atom stereocenters. The highest BCUT2D eigenvalue weighted by atomic mass is 32.2. The van der Waals surface area contributed by atoms with Gasteiger partial charge in [-0.3, -0.25) is 9.67 Å². The van der Waals surface area contributed by atoms with Crippen LogP contribution in [0.15, 0.2) is 34.2 Å². The number of nitrogens with zero attached hydrogens (tertiary/aromatic N) is 3. The summed E-state index contributed by atoms with van der Waals surface area (Å²) in [4.78, 5) is 19.5. The van der Waals surface area contributed by atoms with Crippen molar-refractivity contribution in [3.8, 4) is 0 Å². The monoisotopic (exact) mass is 357 g/mol. The second-order valence-electron chi connectivity index (χ2n) is 6.72. The minimum atomic E-state index is -0.0389. The van der Waals surface area contributed by atoms with Gasteiger partial charge in [0.25, 0.3) is 0 Å². The zero-order valence-corrected chi connectivity index (χ0v) is 15.0. The lowest BCUT2D eigenvalue weighted by Crippen LogP contribution is -2.17. The van der Waals surface area contributed by atoms with Gasteiger partial charge in [0.15, 0.2) is 0 Å². The summed E-state index contributed by atoms with van der Waals surface area (Å²) < 4.78 is 1.80. The first kappa shape index (κ1) is 16.4. The number of rotatable bonds is 7. The third kappa shape index (κ3) is 3.81. The van der Waals surface area contributed by atoms with Gasteiger partial charge in [0.1, 0.15) is 5.82 Å². The van der Waals surface area contributed by atoms with E-state index in [-0.39, 0.29) is 5.69 Å². The molecular formula is C18H23N5OS. The van der Waals surface area contributed by atoms with Gasteiger partial charge in [0.2, 0.25) is 5.16 Å². The van der Waals surface area contributed by atoms with Gasteiger partial charge in [-0.2, -0.15) is 0 Å². The van der Waals surface area contributed by atoms with E-state index < -0.39 is 0 Å². The summed E-state index contributed by atoms with van der Waals surface area (Å²) in [7, 11) is 0. The minimum absolute atomic E-state index is 0.0389. The van der Waals surface area contributed by atoms with Crippen LogP contribution in [0.3, 0.4) is 0 Å². The number of aromatic nitrogens is 5. The zero-order valence-electron chi connectivity index (χ0n) is 14.2. The minimum Gasteiger partial charge on any atom is -0.306 e. The van der Waals surface area contributed by atoms with E-state index in [2.05, 4.69) is 20.2 Å². The molecule has 3 aromatic rings. The maximum Gasteiger partial charge on any atom is 0.326 e. The quantitative estimate of drug-likeness (QED) is 0.502. The predicted molar refractivity (Wildman–Crippen MR) is 99.9 cm³/mol. The summed E-state index contributed by atoms with van der Waals surface area (Å²) in [5.74, 6) is 2.69. The predicted octanol–water partition coefficient (Wildman–Crippen LogP) is 3.36. The molecule has 6 nitrogen and oxygen atoms in total. The van der Waals surface area contributed by atoms with Gasteiger partial charge >= 0.3 is 5.69 Å². The smallest absolute Gasteiger partial charge is 0.306 e. The van der Waals surface area contributed by atoms with Gasteiger partial charge in [-0.05, 0) is 24.5 Å². The van der Waals surface area contributed by atoms with E-state index in [9.17, 15) is 4.79 Å². The van der Waals surface area contributed by atoms with E-state index in [4.69, 9.17) is 0 Å². The fraction of sp³-hybridized carbons (Fsp3) is 0.500. The zero-order chi connectivity index (χ0) is 17.1. The summed E-state index contributed by atoms with van der Waals surface area (Å²) >= 11 is 1.65. The Balaban J connectivity index is 1.28. The van der Waals surface area contributed by atoms with Crippen molar-refractivity contribution in [1.29, 1.82) is 0 Å². The SMILES string of the molecule is O=c1[nH]c2ccccc2n1CCCSc1n[nH]c(CC2CCCC2)n1. The van der Waals surface area contributed by atoms with Crippen LogP contribution in [0.5, 0.6) is 0 Å². The standard InChI is InChI=1S/C18H23N5OS/c24-18-19-14-8-3-4-9-15(14)23(18)10-5-11-25-17-20-16(21-22-17)12-13-6-1-2-7-13/h3-4,8-9,13H,1-2,5-7,10-12H2,(H,19,24)(H,20,21,22). The Morgan fingerprint density at radius 2 is 2.08 bits per heavy atom. The van der Waals surface area contributed by atoms with Crippen molar-refractivity contribution in [2.24, 2.45) is 5.92 Å². The highest BCUT2D eigenvalue weighted by Gasteiger charge is 2.17. The van der Waals surface area contributed by atoms with Crippen LogP contribution >= 0.6 is 11.8 Å². The van der Waals surface area contributed by atoms with Gasteiger partial charge in [-0.25, -0.2) is 9.78 Å². The fourth-order valence-electron chi connectivity index (χ4n) is 3.64. The maximum atomic E-state index is 12.0. The Morgan fingerprint density at radius 1 is 1.24 bits per heavy atom. The molecule has 1 aliphatic rings. The molecule has 25 heavy (non-hydrogen) atoms. The van der Waals surface area contributed by atoms with Gasteiger partial charge in [-0.15, -0.1) is 5.10 Å². The largest absolute Gasteiger partial charge is 0.326 e. The Morgan fingerprint density at radius 3 is 2.96 bits per heavy atom. The molecule has 2 N–H and O–H groups in total. The molecule has 7 heteroatoms. The molecule has 1 saturated carbocycles. The number of hydrogen-bond donors (Lipinski definition) is 2. The summed E-state index contributed by atoms with van der Waals surface area (Å²) in [5.41, 5.74) is 1.82. The molecule has 0 saturated heterocycles. The first-order valence-electron chi connectivity index (χ1n) is 9.01. The van der Waals surface area contributed by atoms with Crippen molar-refractivity contribution >= 4 is 22.8 Å². The molecule has 4 rings (SSSR count). The Bertz CT molecular complexity index is 890. The Labute approximate surface area is 150 Å². The molecule has 0 spiro atoms. The number of benzene rings is 1. The van der Waals surface area contributed by atoms with Gasteiger partial charge < -0.3 is 4.98 Å². The maximum absolute atomic E-state index is 12.0. The first-order valence-corrected chi connectivity index (χ1v) is 10.00. The highest BCUT2D eigenvalue weighted by Crippen LogP contribution is 2.27. The molecule has 0 aliphatic heterocycles. The number of aryl methyl sites for hydroxylation is 1.